The highest BCUT2D eigenvalue weighted by atomic mass is 16.5. The molecule has 0 aliphatic carbocycles. The molecule has 6 nitrogen and oxygen atoms in total. The van der Waals surface area contributed by atoms with E-state index >= 15 is 0 Å². The molecule has 24 heavy (non-hydrogen) atoms. The van der Waals surface area contributed by atoms with E-state index in [-0.39, 0.29) is 18.4 Å². The van der Waals surface area contributed by atoms with E-state index in [0.29, 0.717) is 5.69 Å². The van der Waals surface area contributed by atoms with Gasteiger partial charge in [-0.1, -0.05) is 0 Å². The van der Waals surface area contributed by atoms with Crippen molar-refractivity contribution in [1.82, 2.24) is 0 Å². The van der Waals surface area contributed by atoms with E-state index in [2.05, 4.69) is 10.6 Å². The Hall–Kier alpha value is -3.02. The van der Waals surface area contributed by atoms with Crippen LogP contribution in [0, 0.1) is 0 Å². The molecule has 2 aromatic rings. The topological polar surface area (TPSA) is 70.7 Å². The van der Waals surface area contributed by atoms with Crippen molar-refractivity contribution >= 4 is 28.9 Å². The highest BCUT2D eigenvalue weighted by Gasteiger charge is 2.06. The lowest BCUT2D eigenvalue weighted by Crippen LogP contribution is -2.23. The fraction of sp³-hybridized carbons (Fsp3) is 0.222. The van der Waals surface area contributed by atoms with Gasteiger partial charge >= 0.3 is 0 Å². The Morgan fingerprint density at radius 1 is 1.00 bits per heavy atom. The van der Waals surface area contributed by atoms with Gasteiger partial charge in [0, 0.05) is 31.0 Å². The molecular formula is C18H21N3O3. The fourth-order valence-electron chi connectivity index (χ4n) is 2.05. The summed E-state index contributed by atoms with van der Waals surface area (Å²) in [7, 11) is 3.31. The predicted octanol–water partition coefficient (Wildman–Crippen LogP) is 2.73. The van der Waals surface area contributed by atoms with Gasteiger partial charge in [-0.3, -0.25) is 9.59 Å². The quantitative estimate of drug-likeness (QED) is 0.856. The summed E-state index contributed by atoms with van der Waals surface area (Å²) in [6.07, 6.45) is 0. The number of benzene rings is 2. The standard InChI is InChI=1S/C18H21N3O3/c1-13(22)21(2)16-8-4-15(5-9-16)20-18(23)12-19-14-6-10-17(24-3)11-7-14/h4-11,19H,12H2,1-3H3,(H,20,23). The molecule has 126 valence electrons. The summed E-state index contributed by atoms with van der Waals surface area (Å²) in [6.45, 7) is 1.65. The first-order chi connectivity index (χ1) is 11.5. The van der Waals surface area contributed by atoms with E-state index in [1.54, 1.807) is 38.4 Å². The van der Waals surface area contributed by atoms with Crippen LogP contribution in [-0.4, -0.2) is 32.5 Å². The molecule has 0 aliphatic rings. The number of carbonyl (C=O) groups excluding carboxylic acids is 2. The van der Waals surface area contributed by atoms with Crippen LogP contribution in [0.2, 0.25) is 0 Å². The summed E-state index contributed by atoms with van der Waals surface area (Å²) in [5, 5.41) is 5.84. The van der Waals surface area contributed by atoms with Crippen molar-refractivity contribution in [3.05, 3.63) is 48.5 Å². The van der Waals surface area contributed by atoms with Gasteiger partial charge in [0.1, 0.15) is 5.75 Å². The monoisotopic (exact) mass is 327 g/mol. The van der Waals surface area contributed by atoms with Crippen LogP contribution in [0.5, 0.6) is 5.75 Å². The molecule has 0 aliphatic heterocycles. The first-order valence-corrected chi connectivity index (χ1v) is 7.51. The highest BCUT2D eigenvalue weighted by molar-refractivity contribution is 5.94. The van der Waals surface area contributed by atoms with E-state index in [1.807, 2.05) is 24.3 Å². The molecule has 6 heteroatoms. The summed E-state index contributed by atoms with van der Waals surface area (Å²) in [5.41, 5.74) is 2.29. The van der Waals surface area contributed by atoms with Gasteiger partial charge in [0.15, 0.2) is 0 Å². The molecule has 0 radical (unpaired) electrons. The van der Waals surface area contributed by atoms with Crippen molar-refractivity contribution in [2.24, 2.45) is 0 Å². The first kappa shape index (κ1) is 17.3. The van der Waals surface area contributed by atoms with E-state index in [0.717, 1.165) is 17.1 Å². The number of amides is 2. The van der Waals surface area contributed by atoms with Crippen molar-refractivity contribution in [1.29, 1.82) is 0 Å². The number of anilines is 3. The molecule has 0 saturated heterocycles. The highest BCUT2D eigenvalue weighted by Crippen LogP contribution is 2.17. The van der Waals surface area contributed by atoms with E-state index in [9.17, 15) is 9.59 Å². The molecule has 0 atom stereocenters. The number of carbonyl (C=O) groups is 2. The molecule has 2 N–H and O–H groups in total. The van der Waals surface area contributed by atoms with Crippen molar-refractivity contribution < 1.29 is 14.3 Å². The van der Waals surface area contributed by atoms with Gasteiger partial charge in [0.2, 0.25) is 11.8 Å². The molecule has 0 unspecified atom stereocenters. The fourth-order valence-corrected chi connectivity index (χ4v) is 2.05. The van der Waals surface area contributed by atoms with Crippen molar-refractivity contribution in [3.8, 4) is 5.75 Å². The van der Waals surface area contributed by atoms with Gasteiger partial charge in [-0.05, 0) is 48.5 Å². The Kier molecular flexibility index (Phi) is 5.78. The smallest absolute Gasteiger partial charge is 0.243 e. The second-order valence-corrected chi connectivity index (χ2v) is 5.26. The maximum absolute atomic E-state index is 12.0. The van der Waals surface area contributed by atoms with Crippen LogP contribution >= 0.6 is 0 Å². The van der Waals surface area contributed by atoms with Crippen LogP contribution in [0.3, 0.4) is 0 Å². The number of methoxy groups -OCH3 is 1. The number of rotatable bonds is 6. The van der Waals surface area contributed by atoms with Crippen LogP contribution in [0.4, 0.5) is 17.1 Å². The number of hydrogen-bond acceptors (Lipinski definition) is 4. The van der Waals surface area contributed by atoms with E-state index < -0.39 is 0 Å². The lowest BCUT2D eigenvalue weighted by atomic mass is 10.2. The predicted molar refractivity (Wildman–Crippen MR) is 95.6 cm³/mol. The van der Waals surface area contributed by atoms with Crippen molar-refractivity contribution in [2.75, 3.05) is 36.2 Å². The molecule has 2 rings (SSSR count). The molecule has 0 bridgehead atoms. The first-order valence-electron chi connectivity index (χ1n) is 7.51. The Labute approximate surface area is 141 Å². The third-order valence-electron chi connectivity index (χ3n) is 3.55. The third kappa shape index (κ3) is 4.74. The van der Waals surface area contributed by atoms with Gasteiger partial charge in [0.25, 0.3) is 0 Å². The average molecular weight is 327 g/mol. The molecular weight excluding hydrogens is 306 g/mol. The van der Waals surface area contributed by atoms with Crippen LogP contribution in [0.15, 0.2) is 48.5 Å². The van der Waals surface area contributed by atoms with Crippen LogP contribution < -0.4 is 20.3 Å². The average Bonchev–Trinajstić information content (AvgIpc) is 2.60. The second kappa shape index (κ2) is 8.01. The van der Waals surface area contributed by atoms with Crippen LogP contribution in [-0.2, 0) is 9.59 Å². The van der Waals surface area contributed by atoms with E-state index in [4.69, 9.17) is 4.74 Å². The second-order valence-electron chi connectivity index (χ2n) is 5.26. The Balaban J connectivity index is 1.86. The molecule has 0 saturated carbocycles. The van der Waals surface area contributed by atoms with Gasteiger partial charge in [-0.15, -0.1) is 0 Å². The van der Waals surface area contributed by atoms with Crippen molar-refractivity contribution in [3.63, 3.8) is 0 Å². The summed E-state index contributed by atoms with van der Waals surface area (Å²) >= 11 is 0. The van der Waals surface area contributed by atoms with Gasteiger partial charge < -0.3 is 20.3 Å². The molecule has 0 aromatic heterocycles. The summed E-state index contributed by atoms with van der Waals surface area (Å²) in [6, 6.07) is 14.4. The maximum atomic E-state index is 12.0. The Morgan fingerprint density at radius 3 is 2.12 bits per heavy atom. The van der Waals surface area contributed by atoms with Crippen LogP contribution in [0.1, 0.15) is 6.92 Å². The minimum absolute atomic E-state index is 0.0459. The zero-order chi connectivity index (χ0) is 17.5. The lowest BCUT2D eigenvalue weighted by molar-refractivity contribution is -0.116. The number of hydrogen-bond donors (Lipinski definition) is 2. The van der Waals surface area contributed by atoms with E-state index in [1.165, 1.54) is 11.8 Å². The number of ether oxygens (including phenoxy) is 1. The third-order valence-corrected chi connectivity index (χ3v) is 3.55. The number of nitrogens with one attached hydrogen (secondary N) is 2. The largest absolute Gasteiger partial charge is 0.497 e. The van der Waals surface area contributed by atoms with Gasteiger partial charge in [-0.2, -0.15) is 0 Å². The normalized spacial score (nSPS) is 9.96. The number of nitrogens with zero attached hydrogens (tertiary/aromatic N) is 1. The lowest BCUT2D eigenvalue weighted by Gasteiger charge is -2.15. The minimum atomic E-state index is -0.154. The van der Waals surface area contributed by atoms with Gasteiger partial charge in [-0.25, -0.2) is 0 Å². The zero-order valence-corrected chi connectivity index (χ0v) is 14.0. The Morgan fingerprint density at radius 2 is 1.58 bits per heavy atom. The maximum Gasteiger partial charge on any atom is 0.243 e. The molecule has 0 heterocycles. The van der Waals surface area contributed by atoms with Gasteiger partial charge in [0.05, 0.1) is 13.7 Å². The van der Waals surface area contributed by atoms with Crippen molar-refractivity contribution in [2.45, 2.75) is 6.92 Å². The summed E-state index contributed by atoms with van der Waals surface area (Å²) < 4.78 is 5.08. The summed E-state index contributed by atoms with van der Waals surface area (Å²) in [5.74, 6) is 0.564. The molecule has 0 fully saturated rings. The molecule has 2 aromatic carbocycles. The molecule has 2 amide bonds. The zero-order valence-electron chi connectivity index (χ0n) is 14.0. The SMILES string of the molecule is COc1ccc(NCC(=O)Nc2ccc(N(C)C(C)=O)cc2)cc1. The molecule has 0 spiro atoms. The summed E-state index contributed by atoms with van der Waals surface area (Å²) in [4.78, 5) is 24.8. The van der Waals surface area contributed by atoms with Crippen LogP contribution in [0.25, 0.3) is 0 Å². The minimum Gasteiger partial charge on any atom is -0.497 e. The Bertz CT molecular complexity index is 696.